The third kappa shape index (κ3) is 5.68. The Balaban J connectivity index is 3.98. The van der Waals surface area contributed by atoms with Gasteiger partial charge in [-0.05, 0) is 20.9 Å². The molecule has 2 N–H and O–H groups in total. The van der Waals surface area contributed by atoms with Crippen LogP contribution >= 0.6 is 0 Å². The number of rotatable bonds is 7. The smallest absolute Gasteiger partial charge is 0.307 e. The maximum Gasteiger partial charge on any atom is 0.307 e. The molecule has 0 radical (unpaired) electrons. The maximum absolute atomic E-state index is 11.6. The Labute approximate surface area is 103 Å². The molecule has 0 saturated heterocycles. The Hall–Kier alpha value is -1.10. The molecule has 0 aliphatic rings. The van der Waals surface area contributed by atoms with Gasteiger partial charge in [0.25, 0.3) is 0 Å². The first-order valence-corrected chi connectivity index (χ1v) is 5.98. The van der Waals surface area contributed by atoms with Crippen LogP contribution in [0.3, 0.4) is 0 Å². The van der Waals surface area contributed by atoms with E-state index >= 15 is 0 Å². The van der Waals surface area contributed by atoms with Gasteiger partial charge in [0, 0.05) is 25.0 Å². The number of carboxylic acid groups (broad SMARTS) is 1. The average Bonchev–Trinajstić information content (AvgIpc) is 2.26. The van der Waals surface area contributed by atoms with Crippen molar-refractivity contribution in [2.24, 2.45) is 11.8 Å². The molecule has 2 atom stereocenters. The summed E-state index contributed by atoms with van der Waals surface area (Å²) in [6.07, 6.45) is 0. The summed E-state index contributed by atoms with van der Waals surface area (Å²) in [5.74, 6) is -2.29. The van der Waals surface area contributed by atoms with Crippen molar-refractivity contribution in [3.05, 3.63) is 0 Å². The molecule has 5 heteroatoms. The molecule has 0 aromatic rings. The lowest BCUT2D eigenvalue weighted by molar-refractivity contribution is -0.146. The summed E-state index contributed by atoms with van der Waals surface area (Å²) in [6.45, 7) is 8.66. The molecule has 0 aliphatic heterocycles. The van der Waals surface area contributed by atoms with Gasteiger partial charge in [-0.3, -0.25) is 9.59 Å². The van der Waals surface area contributed by atoms with Crippen LogP contribution in [0.15, 0.2) is 0 Å². The molecule has 0 rings (SSSR count). The maximum atomic E-state index is 11.6. The van der Waals surface area contributed by atoms with Crippen molar-refractivity contribution in [3.8, 4) is 0 Å². The molecule has 0 aromatic carbocycles. The number of aliphatic carboxylic acids is 1. The molecular weight excluding hydrogens is 220 g/mol. The summed E-state index contributed by atoms with van der Waals surface area (Å²) < 4.78 is 0. The van der Waals surface area contributed by atoms with Gasteiger partial charge in [-0.15, -0.1) is 0 Å². The van der Waals surface area contributed by atoms with E-state index in [1.165, 1.54) is 0 Å². The van der Waals surface area contributed by atoms with E-state index in [4.69, 9.17) is 5.11 Å². The fourth-order valence-corrected chi connectivity index (χ4v) is 1.22. The highest BCUT2D eigenvalue weighted by Crippen LogP contribution is 2.10. The molecule has 0 saturated carbocycles. The number of carboxylic acids is 1. The van der Waals surface area contributed by atoms with Gasteiger partial charge in [-0.25, -0.2) is 0 Å². The van der Waals surface area contributed by atoms with Gasteiger partial charge in [0.15, 0.2) is 0 Å². The molecule has 17 heavy (non-hydrogen) atoms. The third-order valence-corrected chi connectivity index (χ3v) is 3.20. The van der Waals surface area contributed by atoms with Gasteiger partial charge >= 0.3 is 5.97 Å². The van der Waals surface area contributed by atoms with Gasteiger partial charge in [-0.2, -0.15) is 0 Å². The van der Waals surface area contributed by atoms with Crippen LogP contribution in [-0.4, -0.2) is 48.1 Å². The molecule has 0 fully saturated rings. The van der Waals surface area contributed by atoms with Crippen LogP contribution in [-0.2, 0) is 9.59 Å². The minimum atomic E-state index is -0.938. The quantitative estimate of drug-likeness (QED) is 0.695. The van der Waals surface area contributed by atoms with Crippen LogP contribution in [0.4, 0.5) is 0 Å². The molecule has 0 bridgehead atoms. The zero-order valence-electron chi connectivity index (χ0n) is 11.4. The van der Waals surface area contributed by atoms with Crippen LogP contribution in [0, 0.1) is 11.8 Å². The van der Waals surface area contributed by atoms with Crippen LogP contribution in [0.1, 0.15) is 27.7 Å². The molecule has 5 nitrogen and oxygen atoms in total. The standard InChI is InChI=1S/C12H24N2O3/c1-8(2)14(5)7-6-13-11(15)9(3)10(4)12(16)17/h8-10H,6-7H2,1-5H3,(H,13,15)(H,16,17). The summed E-state index contributed by atoms with van der Waals surface area (Å²) >= 11 is 0. The fourth-order valence-electron chi connectivity index (χ4n) is 1.22. The highest BCUT2D eigenvalue weighted by molar-refractivity contribution is 5.84. The predicted octanol–water partition coefficient (Wildman–Crippen LogP) is 0.800. The van der Waals surface area contributed by atoms with Gasteiger partial charge in [0.05, 0.1) is 5.92 Å². The Morgan fingerprint density at radius 2 is 1.71 bits per heavy atom. The number of amides is 1. The fraction of sp³-hybridized carbons (Fsp3) is 0.833. The summed E-state index contributed by atoms with van der Waals surface area (Å²) in [5.41, 5.74) is 0. The predicted molar refractivity (Wildman–Crippen MR) is 66.7 cm³/mol. The number of nitrogens with zero attached hydrogens (tertiary/aromatic N) is 1. The van der Waals surface area contributed by atoms with Crippen molar-refractivity contribution in [1.29, 1.82) is 0 Å². The third-order valence-electron chi connectivity index (χ3n) is 3.20. The number of likely N-dealkylation sites (N-methyl/N-ethyl adjacent to an activating group) is 1. The Morgan fingerprint density at radius 1 is 1.18 bits per heavy atom. The highest BCUT2D eigenvalue weighted by Gasteiger charge is 2.25. The molecule has 0 heterocycles. The summed E-state index contributed by atoms with van der Waals surface area (Å²) in [5, 5.41) is 11.6. The van der Waals surface area contributed by atoms with Crippen molar-refractivity contribution in [1.82, 2.24) is 10.2 Å². The van der Waals surface area contributed by atoms with E-state index in [0.29, 0.717) is 12.6 Å². The Kier molecular flexibility index (Phi) is 6.80. The topological polar surface area (TPSA) is 69.6 Å². The van der Waals surface area contributed by atoms with Gasteiger partial charge in [-0.1, -0.05) is 13.8 Å². The first kappa shape index (κ1) is 15.9. The summed E-state index contributed by atoms with van der Waals surface area (Å²) in [7, 11) is 1.99. The lowest BCUT2D eigenvalue weighted by Gasteiger charge is -2.22. The lowest BCUT2D eigenvalue weighted by Crippen LogP contribution is -2.40. The van der Waals surface area contributed by atoms with E-state index in [9.17, 15) is 9.59 Å². The van der Waals surface area contributed by atoms with Gasteiger partial charge < -0.3 is 15.3 Å². The van der Waals surface area contributed by atoms with E-state index in [2.05, 4.69) is 24.1 Å². The van der Waals surface area contributed by atoms with E-state index < -0.39 is 17.8 Å². The number of carbonyl (C=O) groups is 2. The molecule has 1 amide bonds. The minimum absolute atomic E-state index is 0.197. The number of carbonyl (C=O) groups excluding carboxylic acids is 1. The summed E-state index contributed by atoms with van der Waals surface area (Å²) in [6, 6.07) is 0.433. The van der Waals surface area contributed by atoms with Gasteiger partial charge in [0.1, 0.15) is 0 Å². The molecule has 0 aliphatic carbocycles. The molecule has 0 spiro atoms. The summed E-state index contributed by atoms with van der Waals surface area (Å²) in [4.78, 5) is 24.5. The minimum Gasteiger partial charge on any atom is -0.481 e. The first-order valence-electron chi connectivity index (χ1n) is 5.98. The van der Waals surface area contributed by atoms with Crippen molar-refractivity contribution in [3.63, 3.8) is 0 Å². The lowest BCUT2D eigenvalue weighted by atomic mass is 9.95. The number of hydrogen-bond acceptors (Lipinski definition) is 3. The van der Waals surface area contributed by atoms with Crippen molar-refractivity contribution in [2.75, 3.05) is 20.1 Å². The zero-order chi connectivity index (χ0) is 13.6. The van der Waals surface area contributed by atoms with E-state index in [1.54, 1.807) is 13.8 Å². The molecule has 100 valence electrons. The van der Waals surface area contributed by atoms with E-state index in [1.807, 2.05) is 7.05 Å². The monoisotopic (exact) mass is 244 g/mol. The zero-order valence-corrected chi connectivity index (χ0v) is 11.4. The van der Waals surface area contributed by atoms with E-state index in [0.717, 1.165) is 6.54 Å². The largest absolute Gasteiger partial charge is 0.481 e. The second-order valence-corrected chi connectivity index (χ2v) is 4.78. The number of hydrogen-bond donors (Lipinski definition) is 2. The molecular formula is C12H24N2O3. The Bertz CT molecular complexity index is 266. The first-order chi connectivity index (χ1) is 7.77. The second kappa shape index (κ2) is 7.27. The normalized spacial score (nSPS) is 14.8. The van der Waals surface area contributed by atoms with Crippen LogP contribution < -0.4 is 5.32 Å². The second-order valence-electron chi connectivity index (χ2n) is 4.78. The van der Waals surface area contributed by atoms with Crippen LogP contribution in [0.25, 0.3) is 0 Å². The van der Waals surface area contributed by atoms with Crippen molar-refractivity contribution >= 4 is 11.9 Å². The average molecular weight is 244 g/mol. The van der Waals surface area contributed by atoms with Gasteiger partial charge in [0.2, 0.25) is 5.91 Å². The van der Waals surface area contributed by atoms with Crippen molar-refractivity contribution in [2.45, 2.75) is 33.7 Å². The molecule has 2 unspecified atom stereocenters. The van der Waals surface area contributed by atoms with Crippen molar-refractivity contribution < 1.29 is 14.7 Å². The highest BCUT2D eigenvalue weighted by atomic mass is 16.4. The number of nitrogens with one attached hydrogen (secondary N) is 1. The van der Waals surface area contributed by atoms with Crippen LogP contribution in [0.5, 0.6) is 0 Å². The van der Waals surface area contributed by atoms with E-state index in [-0.39, 0.29) is 5.91 Å². The SMILES string of the molecule is CC(C(=O)O)C(C)C(=O)NCCN(C)C(C)C. The van der Waals surface area contributed by atoms with Crippen LogP contribution in [0.2, 0.25) is 0 Å². The molecule has 0 aromatic heterocycles. The Morgan fingerprint density at radius 3 is 2.12 bits per heavy atom.